The quantitative estimate of drug-likeness (QED) is 0.506. The average molecular weight is 184 g/mol. The second-order valence-electron chi connectivity index (χ2n) is 4.99. The Morgan fingerprint density at radius 2 is 2.00 bits per heavy atom. The first kappa shape index (κ1) is 10.2. The standard InChI is InChI=1S/C11H18.H2S/c1-7-5-8(2)10-6-9(7)11(10,3)4;/h5,7,9-10H,6H2,1-4H3;1H2/t7?,9-,10+;/m1./s1. The van der Waals surface area contributed by atoms with Gasteiger partial charge in [0, 0.05) is 0 Å². The molecule has 0 aromatic rings. The van der Waals surface area contributed by atoms with Crippen LogP contribution in [0.5, 0.6) is 0 Å². The molecule has 0 nitrogen and oxygen atoms in total. The minimum absolute atomic E-state index is 0. The summed E-state index contributed by atoms with van der Waals surface area (Å²) in [7, 11) is 0. The Labute approximate surface area is 82.9 Å². The lowest BCUT2D eigenvalue weighted by atomic mass is 9.46. The van der Waals surface area contributed by atoms with Crippen molar-refractivity contribution in [2.75, 3.05) is 0 Å². The number of hydrogen-bond acceptors (Lipinski definition) is 0. The molecule has 0 saturated heterocycles. The molecule has 2 bridgehead atoms. The zero-order valence-corrected chi connectivity index (χ0v) is 9.52. The maximum Gasteiger partial charge on any atom is -0.0149 e. The zero-order chi connectivity index (χ0) is 8.22. The van der Waals surface area contributed by atoms with Gasteiger partial charge in [-0.1, -0.05) is 32.4 Å². The summed E-state index contributed by atoms with van der Waals surface area (Å²) >= 11 is 0. The maximum absolute atomic E-state index is 2.48. The first-order chi connectivity index (χ1) is 5.03. The molecule has 3 aliphatic rings. The SMILES string of the molecule is CC1=CC(C)[C@H]2C[C@@H]1C2(C)C.S. The van der Waals surface area contributed by atoms with Crippen LogP contribution in [0, 0.1) is 23.2 Å². The summed E-state index contributed by atoms with van der Waals surface area (Å²) in [6, 6.07) is 0. The monoisotopic (exact) mass is 184 g/mol. The molecule has 0 aromatic carbocycles. The molecule has 1 fully saturated rings. The molecule has 3 aliphatic carbocycles. The Hall–Kier alpha value is 0.0900. The van der Waals surface area contributed by atoms with E-state index in [0.29, 0.717) is 5.41 Å². The van der Waals surface area contributed by atoms with Gasteiger partial charge in [0.05, 0.1) is 0 Å². The van der Waals surface area contributed by atoms with Crippen molar-refractivity contribution in [1.29, 1.82) is 0 Å². The van der Waals surface area contributed by atoms with Gasteiger partial charge in [0.25, 0.3) is 0 Å². The van der Waals surface area contributed by atoms with E-state index in [1.54, 1.807) is 5.57 Å². The molecule has 1 saturated carbocycles. The smallest absolute Gasteiger partial charge is 0.0149 e. The molecule has 0 N–H and O–H groups in total. The van der Waals surface area contributed by atoms with Crippen LogP contribution in [0.15, 0.2) is 11.6 Å². The van der Waals surface area contributed by atoms with Crippen molar-refractivity contribution in [2.24, 2.45) is 23.2 Å². The Morgan fingerprint density at radius 3 is 2.33 bits per heavy atom. The highest BCUT2D eigenvalue weighted by molar-refractivity contribution is 7.59. The van der Waals surface area contributed by atoms with Crippen molar-refractivity contribution >= 4 is 13.5 Å². The van der Waals surface area contributed by atoms with E-state index in [-0.39, 0.29) is 13.5 Å². The van der Waals surface area contributed by atoms with Crippen LogP contribution >= 0.6 is 13.5 Å². The fourth-order valence-electron chi connectivity index (χ4n) is 3.27. The van der Waals surface area contributed by atoms with E-state index >= 15 is 0 Å². The van der Waals surface area contributed by atoms with Crippen LogP contribution in [-0.2, 0) is 0 Å². The summed E-state index contributed by atoms with van der Waals surface area (Å²) in [5.74, 6) is 2.70. The lowest BCUT2D eigenvalue weighted by Crippen LogP contribution is -2.50. The van der Waals surface area contributed by atoms with Crippen LogP contribution in [0.25, 0.3) is 0 Å². The number of allylic oxidation sites excluding steroid dienone is 2. The van der Waals surface area contributed by atoms with Crippen LogP contribution in [0.1, 0.15) is 34.1 Å². The molecule has 12 heavy (non-hydrogen) atoms. The molecule has 0 amide bonds. The Bertz CT molecular complexity index is 215. The summed E-state index contributed by atoms with van der Waals surface area (Å²) in [4.78, 5) is 0. The van der Waals surface area contributed by atoms with E-state index in [0.717, 1.165) is 17.8 Å². The van der Waals surface area contributed by atoms with Crippen molar-refractivity contribution in [3.8, 4) is 0 Å². The molecular formula is C11H20S. The van der Waals surface area contributed by atoms with Gasteiger partial charge in [-0.2, -0.15) is 13.5 Å². The normalized spacial score (nSPS) is 42.3. The van der Waals surface area contributed by atoms with E-state index < -0.39 is 0 Å². The highest BCUT2D eigenvalue weighted by Crippen LogP contribution is 2.60. The molecule has 0 heterocycles. The predicted molar refractivity (Wildman–Crippen MR) is 58.7 cm³/mol. The highest BCUT2D eigenvalue weighted by atomic mass is 32.1. The van der Waals surface area contributed by atoms with Crippen LogP contribution < -0.4 is 0 Å². The fraction of sp³-hybridized carbons (Fsp3) is 0.818. The van der Waals surface area contributed by atoms with E-state index in [9.17, 15) is 0 Å². The third kappa shape index (κ3) is 1.06. The van der Waals surface area contributed by atoms with Gasteiger partial charge in [-0.3, -0.25) is 0 Å². The van der Waals surface area contributed by atoms with E-state index in [4.69, 9.17) is 0 Å². The number of hydrogen-bond donors (Lipinski definition) is 0. The van der Waals surface area contributed by atoms with Crippen LogP contribution in [0.3, 0.4) is 0 Å². The van der Waals surface area contributed by atoms with Gasteiger partial charge in [0.2, 0.25) is 0 Å². The zero-order valence-electron chi connectivity index (χ0n) is 8.52. The van der Waals surface area contributed by atoms with Gasteiger partial charge in [0.15, 0.2) is 0 Å². The topological polar surface area (TPSA) is 0 Å². The third-order valence-electron chi connectivity index (χ3n) is 4.05. The molecule has 1 unspecified atom stereocenters. The minimum atomic E-state index is 0. The van der Waals surface area contributed by atoms with Crippen LogP contribution in [-0.4, -0.2) is 0 Å². The second-order valence-corrected chi connectivity index (χ2v) is 4.99. The average Bonchev–Trinajstić information content (AvgIpc) is 1.84. The largest absolute Gasteiger partial charge is 0.197 e. The molecule has 0 spiro atoms. The molecule has 3 atom stereocenters. The molecule has 70 valence electrons. The van der Waals surface area contributed by atoms with Crippen molar-refractivity contribution in [3.05, 3.63) is 11.6 Å². The van der Waals surface area contributed by atoms with Gasteiger partial charge >= 0.3 is 0 Å². The summed E-state index contributed by atoms with van der Waals surface area (Å²) in [6.07, 6.45) is 3.93. The predicted octanol–water partition coefficient (Wildman–Crippen LogP) is 3.36. The van der Waals surface area contributed by atoms with Crippen molar-refractivity contribution in [1.82, 2.24) is 0 Å². The van der Waals surface area contributed by atoms with Crippen molar-refractivity contribution < 1.29 is 0 Å². The molecular weight excluding hydrogens is 164 g/mol. The van der Waals surface area contributed by atoms with Gasteiger partial charge < -0.3 is 0 Å². The first-order valence-electron chi connectivity index (χ1n) is 4.72. The molecule has 1 heteroatoms. The number of fused-ring (bicyclic) bond motifs is 1. The molecule has 0 radical (unpaired) electrons. The second kappa shape index (κ2) is 2.80. The van der Waals surface area contributed by atoms with Crippen LogP contribution in [0.2, 0.25) is 0 Å². The summed E-state index contributed by atoms with van der Waals surface area (Å²) in [5.41, 5.74) is 2.25. The Kier molecular flexibility index (Phi) is 2.37. The first-order valence-corrected chi connectivity index (χ1v) is 4.72. The Morgan fingerprint density at radius 1 is 1.42 bits per heavy atom. The minimum Gasteiger partial charge on any atom is -0.197 e. The summed E-state index contributed by atoms with van der Waals surface area (Å²) < 4.78 is 0. The van der Waals surface area contributed by atoms with E-state index in [2.05, 4.69) is 33.8 Å². The van der Waals surface area contributed by atoms with Gasteiger partial charge in [0.1, 0.15) is 0 Å². The molecule has 0 aliphatic heterocycles. The van der Waals surface area contributed by atoms with Gasteiger partial charge in [-0.05, 0) is 36.5 Å². The van der Waals surface area contributed by atoms with E-state index in [1.165, 1.54) is 6.42 Å². The van der Waals surface area contributed by atoms with Gasteiger partial charge in [-0.25, -0.2) is 0 Å². The number of rotatable bonds is 0. The fourth-order valence-corrected chi connectivity index (χ4v) is 3.27. The molecule has 0 aromatic heterocycles. The van der Waals surface area contributed by atoms with Gasteiger partial charge in [-0.15, -0.1) is 0 Å². The highest BCUT2D eigenvalue weighted by Gasteiger charge is 2.52. The van der Waals surface area contributed by atoms with Crippen LogP contribution in [0.4, 0.5) is 0 Å². The summed E-state index contributed by atoms with van der Waals surface area (Å²) in [6.45, 7) is 9.53. The van der Waals surface area contributed by atoms with Crippen molar-refractivity contribution in [2.45, 2.75) is 34.1 Å². The maximum atomic E-state index is 2.48. The molecule has 3 rings (SSSR count). The lowest BCUT2D eigenvalue weighted by molar-refractivity contribution is -0.0343. The Balaban J connectivity index is 0.000000720. The lowest BCUT2D eigenvalue weighted by Gasteiger charge is -2.58. The summed E-state index contributed by atoms with van der Waals surface area (Å²) in [5, 5.41) is 0. The third-order valence-corrected chi connectivity index (χ3v) is 4.05. The van der Waals surface area contributed by atoms with E-state index in [1.807, 2.05) is 0 Å². The van der Waals surface area contributed by atoms with Crippen molar-refractivity contribution in [3.63, 3.8) is 0 Å².